The molecule has 1 fully saturated rings. The summed E-state index contributed by atoms with van der Waals surface area (Å²) in [5.74, 6) is -0.380. The van der Waals surface area contributed by atoms with Gasteiger partial charge < -0.3 is 10.0 Å². The van der Waals surface area contributed by atoms with Crippen molar-refractivity contribution >= 4 is 11.9 Å². The number of aliphatic carboxylic acids is 1. The minimum Gasteiger partial charge on any atom is -0.480 e. The Morgan fingerprint density at radius 3 is 2.25 bits per heavy atom. The molecule has 0 aliphatic heterocycles. The predicted molar refractivity (Wildman–Crippen MR) is 61.0 cm³/mol. The van der Waals surface area contributed by atoms with Gasteiger partial charge in [-0.25, -0.2) is 0 Å². The average molecular weight is 227 g/mol. The summed E-state index contributed by atoms with van der Waals surface area (Å²) in [6, 6.07) is 0. The van der Waals surface area contributed by atoms with Gasteiger partial charge >= 0.3 is 5.97 Å². The largest absolute Gasteiger partial charge is 0.480 e. The highest BCUT2D eigenvalue weighted by Crippen LogP contribution is 2.30. The van der Waals surface area contributed by atoms with Gasteiger partial charge in [0.05, 0.1) is 0 Å². The molecule has 0 radical (unpaired) electrons. The maximum atomic E-state index is 12.1. The Bertz CT molecular complexity index is 257. The smallest absolute Gasteiger partial charge is 0.323 e. The number of carboxylic acids is 1. The highest BCUT2D eigenvalue weighted by molar-refractivity contribution is 5.83. The van der Waals surface area contributed by atoms with Gasteiger partial charge in [0.15, 0.2) is 0 Å². The van der Waals surface area contributed by atoms with E-state index in [1.54, 1.807) is 0 Å². The highest BCUT2D eigenvalue weighted by Gasteiger charge is 2.30. The summed E-state index contributed by atoms with van der Waals surface area (Å²) in [4.78, 5) is 24.3. The van der Waals surface area contributed by atoms with E-state index in [-0.39, 0.29) is 18.4 Å². The maximum absolute atomic E-state index is 12.1. The van der Waals surface area contributed by atoms with Gasteiger partial charge in [-0.2, -0.15) is 0 Å². The second-order valence-electron chi connectivity index (χ2n) is 4.57. The Morgan fingerprint density at radius 1 is 1.31 bits per heavy atom. The monoisotopic (exact) mass is 227 g/mol. The molecule has 4 nitrogen and oxygen atoms in total. The first kappa shape index (κ1) is 13.0. The van der Waals surface area contributed by atoms with Crippen LogP contribution in [-0.2, 0) is 9.59 Å². The Kier molecular flexibility index (Phi) is 4.77. The van der Waals surface area contributed by atoms with Gasteiger partial charge in [0, 0.05) is 12.5 Å². The van der Waals surface area contributed by atoms with Crippen molar-refractivity contribution in [3.8, 4) is 0 Å². The van der Waals surface area contributed by atoms with E-state index >= 15 is 0 Å². The van der Waals surface area contributed by atoms with E-state index < -0.39 is 5.97 Å². The van der Waals surface area contributed by atoms with Crippen LogP contribution in [0.5, 0.6) is 0 Å². The first-order valence-electron chi connectivity index (χ1n) is 6.09. The van der Waals surface area contributed by atoms with Crippen LogP contribution in [0, 0.1) is 11.8 Å². The Labute approximate surface area is 96.6 Å². The van der Waals surface area contributed by atoms with E-state index in [0.717, 1.165) is 25.7 Å². The van der Waals surface area contributed by atoms with Crippen molar-refractivity contribution < 1.29 is 14.7 Å². The van der Waals surface area contributed by atoms with Gasteiger partial charge in [-0.05, 0) is 31.6 Å². The molecule has 0 unspecified atom stereocenters. The molecule has 1 rings (SSSR count). The van der Waals surface area contributed by atoms with Crippen LogP contribution >= 0.6 is 0 Å². The minimum atomic E-state index is -0.917. The molecule has 0 atom stereocenters. The zero-order chi connectivity index (χ0) is 12.1. The van der Waals surface area contributed by atoms with Crippen LogP contribution in [0.3, 0.4) is 0 Å². The second-order valence-corrected chi connectivity index (χ2v) is 4.57. The molecule has 0 spiro atoms. The molecule has 1 saturated carbocycles. The van der Waals surface area contributed by atoms with Crippen LogP contribution in [0.15, 0.2) is 0 Å². The first-order valence-corrected chi connectivity index (χ1v) is 6.09. The van der Waals surface area contributed by atoms with Gasteiger partial charge in [-0.15, -0.1) is 0 Å². The zero-order valence-corrected chi connectivity index (χ0v) is 10.1. The Balaban J connectivity index is 2.57. The van der Waals surface area contributed by atoms with Gasteiger partial charge in [-0.3, -0.25) is 9.59 Å². The fourth-order valence-electron chi connectivity index (χ4n) is 1.90. The third-order valence-corrected chi connectivity index (χ3v) is 3.15. The first-order chi connectivity index (χ1) is 7.58. The minimum absolute atomic E-state index is 0.0132. The fourth-order valence-corrected chi connectivity index (χ4v) is 1.90. The normalized spacial score (nSPS) is 15.2. The van der Waals surface area contributed by atoms with Crippen LogP contribution in [0.25, 0.3) is 0 Å². The number of nitrogens with zero attached hydrogens (tertiary/aromatic N) is 1. The quantitative estimate of drug-likeness (QED) is 0.720. The van der Waals surface area contributed by atoms with Crippen molar-refractivity contribution in [1.82, 2.24) is 4.90 Å². The Morgan fingerprint density at radius 2 is 1.88 bits per heavy atom. The lowest BCUT2D eigenvalue weighted by Gasteiger charge is -2.24. The standard InChI is InChI=1S/C12H21NO3/c1-3-10(4-2)12(16)13(8-11(14)15)7-9-5-6-9/h9-10H,3-8H2,1-2H3,(H,14,15). The Hall–Kier alpha value is -1.06. The van der Waals surface area contributed by atoms with Crippen molar-refractivity contribution in [2.45, 2.75) is 39.5 Å². The van der Waals surface area contributed by atoms with Crippen LogP contribution in [0.2, 0.25) is 0 Å². The van der Waals surface area contributed by atoms with Crippen molar-refractivity contribution in [3.63, 3.8) is 0 Å². The zero-order valence-electron chi connectivity index (χ0n) is 10.1. The lowest BCUT2D eigenvalue weighted by Crippen LogP contribution is -2.40. The van der Waals surface area contributed by atoms with E-state index in [4.69, 9.17) is 5.11 Å². The summed E-state index contributed by atoms with van der Waals surface area (Å²) in [7, 11) is 0. The van der Waals surface area contributed by atoms with Crippen molar-refractivity contribution in [3.05, 3.63) is 0 Å². The summed E-state index contributed by atoms with van der Waals surface area (Å²) >= 11 is 0. The number of hydrogen-bond acceptors (Lipinski definition) is 2. The number of hydrogen-bond donors (Lipinski definition) is 1. The topological polar surface area (TPSA) is 57.6 Å². The van der Waals surface area contributed by atoms with Crippen molar-refractivity contribution in [2.75, 3.05) is 13.1 Å². The molecule has 0 bridgehead atoms. The van der Waals surface area contributed by atoms with Gasteiger partial charge in [-0.1, -0.05) is 13.8 Å². The summed E-state index contributed by atoms with van der Waals surface area (Å²) < 4.78 is 0. The lowest BCUT2D eigenvalue weighted by atomic mass is 10.0. The molecule has 0 saturated heterocycles. The van der Waals surface area contributed by atoms with Crippen molar-refractivity contribution in [2.24, 2.45) is 11.8 Å². The average Bonchev–Trinajstić information content (AvgIpc) is 3.01. The SMILES string of the molecule is CCC(CC)C(=O)N(CC(=O)O)CC1CC1. The summed E-state index contributed by atoms with van der Waals surface area (Å²) in [6.07, 6.45) is 3.84. The summed E-state index contributed by atoms with van der Waals surface area (Å²) in [5.41, 5.74) is 0. The van der Waals surface area contributed by atoms with E-state index in [9.17, 15) is 9.59 Å². The number of amides is 1. The van der Waals surface area contributed by atoms with Crippen LogP contribution < -0.4 is 0 Å². The van der Waals surface area contributed by atoms with E-state index in [0.29, 0.717) is 12.5 Å². The molecule has 4 heteroatoms. The number of carbonyl (C=O) groups excluding carboxylic acids is 1. The van der Waals surface area contributed by atoms with Crippen LogP contribution in [0.4, 0.5) is 0 Å². The lowest BCUT2D eigenvalue weighted by molar-refractivity contribution is -0.146. The van der Waals surface area contributed by atoms with Gasteiger partial charge in [0.25, 0.3) is 0 Å². The third-order valence-electron chi connectivity index (χ3n) is 3.15. The molecule has 1 aliphatic carbocycles. The molecule has 0 aromatic heterocycles. The number of carbonyl (C=O) groups is 2. The van der Waals surface area contributed by atoms with Crippen molar-refractivity contribution in [1.29, 1.82) is 0 Å². The molecule has 0 aromatic rings. The van der Waals surface area contributed by atoms with E-state index in [1.807, 2.05) is 13.8 Å². The molecule has 16 heavy (non-hydrogen) atoms. The molecular formula is C12H21NO3. The second kappa shape index (κ2) is 5.87. The summed E-state index contributed by atoms with van der Waals surface area (Å²) in [6.45, 7) is 4.43. The van der Waals surface area contributed by atoms with E-state index in [1.165, 1.54) is 4.90 Å². The molecule has 0 heterocycles. The third kappa shape index (κ3) is 3.83. The molecule has 1 amide bonds. The van der Waals surface area contributed by atoms with E-state index in [2.05, 4.69) is 0 Å². The molecule has 1 N–H and O–H groups in total. The van der Waals surface area contributed by atoms with Gasteiger partial charge in [0.1, 0.15) is 6.54 Å². The fraction of sp³-hybridized carbons (Fsp3) is 0.833. The maximum Gasteiger partial charge on any atom is 0.323 e. The molecule has 1 aliphatic rings. The number of carboxylic acid groups (broad SMARTS) is 1. The highest BCUT2D eigenvalue weighted by atomic mass is 16.4. The molecule has 0 aromatic carbocycles. The van der Waals surface area contributed by atoms with Gasteiger partial charge in [0.2, 0.25) is 5.91 Å². The van der Waals surface area contributed by atoms with Crippen LogP contribution in [0.1, 0.15) is 39.5 Å². The number of rotatable bonds is 7. The predicted octanol–water partition coefficient (Wildman–Crippen LogP) is 1.75. The molecule has 92 valence electrons. The summed E-state index contributed by atoms with van der Waals surface area (Å²) in [5, 5.41) is 8.80. The molecular weight excluding hydrogens is 206 g/mol. The van der Waals surface area contributed by atoms with Crippen LogP contribution in [-0.4, -0.2) is 35.0 Å².